The van der Waals surface area contributed by atoms with Crippen LogP contribution in [0, 0.1) is 11.8 Å². The second-order valence-corrected chi connectivity index (χ2v) is 6.26. The Labute approximate surface area is 140 Å². The minimum atomic E-state index is -0.447. The molecule has 2 fully saturated rings. The average Bonchev–Trinajstić information content (AvgIpc) is 2.86. The zero-order chi connectivity index (χ0) is 15.7. The van der Waals surface area contributed by atoms with Crippen molar-refractivity contribution in [2.45, 2.75) is 19.4 Å². The molecule has 1 N–H and O–H groups in total. The molecule has 0 spiro atoms. The molecule has 0 radical (unpaired) electrons. The smallest absolute Gasteiger partial charge is 0.331 e. The third-order valence-electron chi connectivity index (χ3n) is 4.94. The Balaban J connectivity index is 0.00000192. The zero-order valence-electron chi connectivity index (χ0n) is 13.2. The second kappa shape index (κ2) is 7.31. The molecule has 2 aliphatic heterocycles. The van der Waals surface area contributed by atoms with Crippen molar-refractivity contribution in [1.82, 2.24) is 19.4 Å². The van der Waals surface area contributed by atoms with Crippen molar-refractivity contribution in [2.75, 3.05) is 26.2 Å². The van der Waals surface area contributed by atoms with Gasteiger partial charge in [-0.05, 0) is 37.8 Å². The molecule has 1 aromatic rings. The van der Waals surface area contributed by atoms with Crippen LogP contribution in [0.3, 0.4) is 0 Å². The zero-order valence-corrected chi connectivity index (χ0v) is 14.1. The Morgan fingerprint density at radius 1 is 1.22 bits per heavy atom. The van der Waals surface area contributed by atoms with Crippen LogP contribution in [0.2, 0.25) is 0 Å². The van der Waals surface area contributed by atoms with E-state index in [1.54, 1.807) is 0 Å². The lowest BCUT2D eigenvalue weighted by Gasteiger charge is -2.21. The third kappa shape index (κ3) is 3.67. The molecule has 3 heterocycles. The summed E-state index contributed by atoms with van der Waals surface area (Å²) in [5, 5.41) is 3.41. The van der Waals surface area contributed by atoms with E-state index in [1.807, 2.05) is 4.90 Å². The predicted molar refractivity (Wildman–Crippen MR) is 88.9 cm³/mol. The van der Waals surface area contributed by atoms with E-state index in [4.69, 9.17) is 0 Å². The van der Waals surface area contributed by atoms with Crippen LogP contribution in [0.1, 0.15) is 12.8 Å². The van der Waals surface area contributed by atoms with Gasteiger partial charge in [0.25, 0.3) is 5.56 Å². The SMILES string of the molecule is Cl.Cn1c(=O)ccn(CC(=O)N2CC[C@@H]3CNC[C@@H]3CC2)c1=O. The Morgan fingerprint density at radius 3 is 2.43 bits per heavy atom. The topological polar surface area (TPSA) is 76.3 Å². The highest BCUT2D eigenvalue weighted by atomic mass is 35.5. The predicted octanol–water partition coefficient (Wildman–Crippen LogP) is -0.573. The van der Waals surface area contributed by atoms with Crippen molar-refractivity contribution in [3.05, 3.63) is 33.1 Å². The number of nitrogens with one attached hydrogen (secondary N) is 1. The van der Waals surface area contributed by atoms with E-state index >= 15 is 0 Å². The van der Waals surface area contributed by atoms with Crippen LogP contribution in [-0.4, -0.2) is 46.1 Å². The first-order valence-electron chi connectivity index (χ1n) is 7.81. The first kappa shape index (κ1) is 17.7. The number of hydrogen-bond acceptors (Lipinski definition) is 4. The van der Waals surface area contributed by atoms with E-state index in [2.05, 4.69) is 5.32 Å². The van der Waals surface area contributed by atoms with Gasteiger partial charge in [0.2, 0.25) is 5.91 Å². The van der Waals surface area contributed by atoms with E-state index in [0.29, 0.717) is 11.8 Å². The van der Waals surface area contributed by atoms with Gasteiger partial charge in [-0.25, -0.2) is 4.79 Å². The second-order valence-electron chi connectivity index (χ2n) is 6.26. The van der Waals surface area contributed by atoms with Crippen molar-refractivity contribution in [2.24, 2.45) is 18.9 Å². The Morgan fingerprint density at radius 2 is 1.83 bits per heavy atom. The van der Waals surface area contributed by atoms with Gasteiger partial charge in [-0.15, -0.1) is 12.4 Å². The van der Waals surface area contributed by atoms with Crippen molar-refractivity contribution in [3.63, 3.8) is 0 Å². The highest BCUT2D eigenvalue weighted by Crippen LogP contribution is 2.27. The molecule has 0 aromatic carbocycles. The van der Waals surface area contributed by atoms with Crippen LogP contribution >= 0.6 is 12.4 Å². The van der Waals surface area contributed by atoms with Gasteiger partial charge < -0.3 is 10.2 Å². The first-order chi connectivity index (χ1) is 10.6. The lowest BCUT2D eigenvalue weighted by Crippen LogP contribution is -2.42. The number of carbonyl (C=O) groups excluding carboxylic acids is 1. The summed E-state index contributed by atoms with van der Waals surface area (Å²) in [6.07, 6.45) is 3.44. The van der Waals surface area contributed by atoms with E-state index in [1.165, 1.54) is 23.9 Å². The largest absolute Gasteiger partial charge is 0.341 e. The van der Waals surface area contributed by atoms with Crippen molar-refractivity contribution < 1.29 is 4.79 Å². The van der Waals surface area contributed by atoms with Crippen LogP contribution < -0.4 is 16.6 Å². The van der Waals surface area contributed by atoms with Gasteiger partial charge in [0, 0.05) is 32.4 Å². The monoisotopic (exact) mass is 342 g/mol. The molecule has 7 nitrogen and oxygen atoms in total. The fourth-order valence-corrected chi connectivity index (χ4v) is 3.45. The van der Waals surface area contributed by atoms with E-state index in [-0.39, 0.29) is 30.4 Å². The molecule has 0 aliphatic carbocycles. The van der Waals surface area contributed by atoms with E-state index in [9.17, 15) is 14.4 Å². The van der Waals surface area contributed by atoms with Crippen LogP contribution in [0.25, 0.3) is 0 Å². The molecule has 0 unspecified atom stereocenters. The molecule has 128 valence electrons. The molecule has 3 rings (SSSR count). The summed E-state index contributed by atoms with van der Waals surface area (Å²) in [7, 11) is 1.42. The van der Waals surface area contributed by atoms with Crippen molar-refractivity contribution >= 4 is 18.3 Å². The van der Waals surface area contributed by atoms with Crippen molar-refractivity contribution in [1.29, 1.82) is 0 Å². The lowest BCUT2D eigenvalue weighted by atomic mass is 9.92. The minimum Gasteiger partial charge on any atom is -0.341 e. The molecule has 1 amide bonds. The van der Waals surface area contributed by atoms with Crippen LogP contribution in [0.5, 0.6) is 0 Å². The molecule has 23 heavy (non-hydrogen) atoms. The maximum Gasteiger partial charge on any atom is 0.331 e. The normalized spacial score (nSPS) is 23.8. The summed E-state index contributed by atoms with van der Waals surface area (Å²) in [6.45, 7) is 3.60. The Bertz CT molecular complexity index is 670. The summed E-state index contributed by atoms with van der Waals surface area (Å²) in [4.78, 5) is 37.7. The highest BCUT2D eigenvalue weighted by Gasteiger charge is 2.31. The molecule has 0 bridgehead atoms. The molecule has 8 heteroatoms. The fourth-order valence-electron chi connectivity index (χ4n) is 3.45. The minimum absolute atomic E-state index is 0. The lowest BCUT2D eigenvalue weighted by molar-refractivity contribution is -0.131. The maximum absolute atomic E-state index is 12.5. The average molecular weight is 343 g/mol. The Kier molecular flexibility index (Phi) is 5.64. The Hall–Kier alpha value is -1.60. The number of rotatable bonds is 2. The quantitative estimate of drug-likeness (QED) is 0.780. The van der Waals surface area contributed by atoms with Gasteiger partial charge >= 0.3 is 5.69 Å². The summed E-state index contributed by atoms with van der Waals surface area (Å²) in [5.74, 6) is 1.28. The molecular formula is C15H23ClN4O3. The molecule has 1 aromatic heterocycles. The number of aromatic nitrogens is 2. The first-order valence-corrected chi connectivity index (χ1v) is 7.81. The number of hydrogen-bond donors (Lipinski definition) is 1. The van der Waals surface area contributed by atoms with Crippen LogP contribution in [-0.2, 0) is 18.4 Å². The highest BCUT2D eigenvalue weighted by molar-refractivity contribution is 5.85. The number of carbonyl (C=O) groups is 1. The number of nitrogens with zero attached hydrogens (tertiary/aromatic N) is 3. The van der Waals surface area contributed by atoms with Gasteiger partial charge in [0.05, 0.1) is 0 Å². The number of amides is 1. The summed E-state index contributed by atoms with van der Waals surface area (Å²) >= 11 is 0. The third-order valence-corrected chi connectivity index (χ3v) is 4.94. The number of halogens is 1. The van der Waals surface area contributed by atoms with Crippen LogP contribution in [0.15, 0.2) is 21.9 Å². The van der Waals surface area contributed by atoms with Gasteiger partial charge in [-0.2, -0.15) is 0 Å². The van der Waals surface area contributed by atoms with Gasteiger partial charge in [-0.1, -0.05) is 0 Å². The molecule has 0 saturated carbocycles. The molecule has 2 atom stereocenters. The summed E-state index contributed by atoms with van der Waals surface area (Å²) in [6, 6.07) is 1.31. The van der Waals surface area contributed by atoms with E-state index in [0.717, 1.165) is 43.6 Å². The van der Waals surface area contributed by atoms with Crippen LogP contribution in [0.4, 0.5) is 0 Å². The molecule has 2 saturated heterocycles. The maximum atomic E-state index is 12.5. The fraction of sp³-hybridized carbons (Fsp3) is 0.667. The molecular weight excluding hydrogens is 320 g/mol. The number of likely N-dealkylation sites (tertiary alicyclic amines) is 1. The standard InChI is InChI=1S/C15H22N4O3.ClH/c1-17-13(20)4-7-19(15(17)22)10-14(21)18-5-2-11-8-16-9-12(11)3-6-18;/h4,7,11-12,16H,2-3,5-6,8-10H2,1H3;1H/t11-,12+;. The van der Waals surface area contributed by atoms with E-state index < -0.39 is 5.69 Å². The number of fused-ring (bicyclic) bond motifs is 1. The van der Waals surface area contributed by atoms with Crippen molar-refractivity contribution in [3.8, 4) is 0 Å². The van der Waals surface area contributed by atoms with Gasteiger partial charge in [0.15, 0.2) is 0 Å². The summed E-state index contributed by atoms with van der Waals surface area (Å²) in [5.41, 5.74) is -0.805. The molecule has 2 aliphatic rings. The van der Waals surface area contributed by atoms with Gasteiger partial charge in [0.1, 0.15) is 6.54 Å². The van der Waals surface area contributed by atoms with Gasteiger partial charge in [-0.3, -0.25) is 18.7 Å². The summed E-state index contributed by atoms with van der Waals surface area (Å²) < 4.78 is 2.32.